The topological polar surface area (TPSA) is 47.8 Å². The molecule has 0 saturated carbocycles. The molecule has 0 bridgehead atoms. The fraction of sp³-hybridized carbons (Fsp3) is 0. The van der Waals surface area contributed by atoms with Gasteiger partial charge in [0.25, 0.3) is 5.91 Å². The van der Waals surface area contributed by atoms with E-state index in [1.165, 1.54) is 29.2 Å². The second-order valence-corrected chi connectivity index (χ2v) is 3.74. The summed E-state index contributed by atoms with van der Waals surface area (Å²) in [7, 11) is 0. The zero-order chi connectivity index (χ0) is 12.5. The van der Waals surface area contributed by atoms with Gasteiger partial charge in [0.2, 0.25) is 0 Å². The Bertz CT molecular complexity index is 736. The Morgan fingerprint density at radius 3 is 2.78 bits per heavy atom. The molecular formula is C13H8FN3O. The molecule has 0 amide bonds. The lowest BCUT2D eigenvalue weighted by Crippen LogP contribution is -2.14. The molecular weight excluding hydrogens is 233 g/mol. The van der Waals surface area contributed by atoms with Gasteiger partial charge in [-0.1, -0.05) is 12.1 Å². The van der Waals surface area contributed by atoms with Crippen molar-refractivity contribution in [3.8, 4) is 0 Å². The molecule has 4 nitrogen and oxygen atoms in total. The summed E-state index contributed by atoms with van der Waals surface area (Å²) in [5.74, 6) is -1.16. The number of halogens is 1. The Morgan fingerprint density at radius 1 is 1.11 bits per heavy atom. The molecule has 5 heteroatoms. The van der Waals surface area contributed by atoms with Gasteiger partial charge in [-0.15, -0.1) is 0 Å². The number of benzene rings is 1. The van der Waals surface area contributed by atoms with E-state index in [4.69, 9.17) is 0 Å². The third kappa shape index (κ3) is 1.57. The van der Waals surface area contributed by atoms with Gasteiger partial charge in [0.05, 0.1) is 11.0 Å². The summed E-state index contributed by atoms with van der Waals surface area (Å²) in [5, 5.41) is 0. The first-order valence-electron chi connectivity index (χ1n) is 5.34. The largest absolute Gasteiger partial charge is 0.285 e. The zero-order valence-electron chi connectivity index (χ0n) is 9.25. The van der Waals surface area contributed by atoms with Crippen LogP contribution in [0.25, 0.3) is 11.0 Å². The number of rotatable bonds is 1. The number of pyridine rings is 1. The van der Waals surface area contributed by atoms with Crippen molar-refractivity contribution in [1.29, 1.82) is 0 Å². The predicted molar refractivity (Wildman–Crippen MR) is 63.7 cm³/mol. The molecule has 2 heterocycles. The van der Waals surface area contributed by atoms with E-state index in [1.807, 2.05) is 6.07 Å². The van der Waals surface area contributed by atoms with Crippen molar-refractivity contribution in [3.63, 3.8) is 0 Å². The Hall–Kier alpha value is -2.56. The van der Waals surface area contributed by atoms with Crippen molar-refractivity contribution in [1.82, 2.24) is 14.5 Å². The SMILES string of the molecule is O=C(c1ncccc1F)n1cnc2ccccc21. The number of aromatic nitrogens is 3. The number of carbonyl (C=O) groups is 1. The average molecular weight is 241 g/mol. The molecule has 0 spiro atoms. The summed E-state index contributed by atoms with van der Waals surface area (Å²) in [6.07, 6.45) is 2.76. The van der Waals surface area contributed by atoms with Crippen LogP contribution in [0, 0.1) is 5.82 Å². The minimum Gasteiger partial charge on any atom is -0.266 e. The Morgan fingerprint density at radius 2 is 1.94 bits per heavy atom. The maximum absolute atomic E-state index is 13.5. The van der Waals surface area contributed by atoms with Crippen LogP contribution < -0.4 is 0 Å². The fourth-order valence-electron chi connectivity index (χ4n) is 1.78. The summed E-state index contributed by atoms with van der Waals surface area (Å²) in [5.41, 5.74) is 1.11. The number of hydrogen-bond acceptors (Lipinski definition) is 3. The van der Waals surface area contributed by atoms with Gasteiger partial charge in [-0.2, -0.15) is 0 Å². The highest BCUT2D eigenvalue weighted by Gasteiger charge is 2.16. The second-order valence-electron chi connectivity index (χ2n) is 3.74. The normalized spacial score (nSPS) is 10.7. The quantitative estimate of drug-likeness (QED) is 0.656. The molecule has 18 heavy (non-hydrogen) atoms. The number of hydrogen-bond donors (Lipinski definition) is 0. The first-order valence-corrected chi connectivity index (χ1v) is 5.34. The van der Waals surface area contributed by atoms with Gasteiger partial charge < -0.3 is 0 Å². The van der Waals surface area contributed by atoms with Crippen LogP contribution in [0.5, 0.6) is 0 Å². The van der Waals surface area contributed by atoms with Gasteiger partial charge in [-0.25, -0.2) is 14.4 Å². The lowest BCUT2D eigenvalue weighted by molar-refractivity contribution is 0.0955. The molecule has 0 saturated heterocycles. The van der Waals surface area contributed by atoms with Crippen molar-refractivity contribution < 1.29 is 9.18 Å². The lowest BCUT2D eigenvalue weighted by atomic mass is 10.3. The molecule has 88 valence electrons. The molecule has 0 unspecified atom stereocenters. The summed E-state index contributed by atoms with van der Waals surface area (Å²) in [6.45, 7) is 0. The highest BCUT2D eigenvalue weighted by molar-refractivity contribution is 5.99. The van der Waals surface area contributed by atoms with E-state index >= 15 is 0 Å². The van der Waals surface area contributed by atoms with E-state index in [1.54, 1.807) is 18.2 Å². The van der Waals surface area contributed by atoms with E-state index in [2.05, 4.69) is 9.97 Å². The van der Waals surface area contributed by atoms with E-state index in [-0.39, 0.29) is 5.69 Å². The summed E-state index contributed by atoms with van der Waals surface area (Å²) in [4.78, 5) is 20.0. The van der Waals surface area contributed by atoms with E-state index in [9.17, 15) is 9.18 Å². The van der Waals surface area contributed by atoms with Gasteiger partial charge in [0.1, 0.15) is 6.33 Å². The highest BCUT2D eigenvalue weighted by Crippen LogP contribution is 2.14. The molecule has 0 aliphatic rings. The van der Waals surface area contributed by atoms with Crippen LogP contribution in [0.4, 0.5) is 4.39 Å². The molecule has 0 aliphatic heterocycles. The predicted octanol–water partition coefficient (Wildman–Crippen LogP) is 2.26. The van der Waals surface area contributed by atoms with Crippen molar-refractivity contribution in [3.05, 3.63) is 60.4 Å². The van der Waals surface area contributed by atoms with Crippen LogP contribution in [-0.4, -0.2) is 20.4 Å². The Kier molecular flexibility index (Phi) is 2.37. The monoisotopic (exact) mass is 241 g/mol. The fourth-order valence-corrected chi connectivity index (χ4v) is 1.78. The third-order valence-electron chi connectivity index (χ3n) is 2.63. The zero-order valence-corrected chi connectivity index (χ0v) is 9.25. The van der Waals surface area contributed by atoms with Gasteiger partial charge in [0.15, 0.2) is 11.5 Å². The molecule has 3 rings (SSSR count). The van der Waals surface area contributed by atoms with Crippen molar-refractivity contribution in [2.75, 3.05) is 0 Å². The van der Waals surface area contributed by atoms with E-state index < -0.39 is 11.7 Å². The highest BCUT2D eigenvalue weighted by atomic mass is 19.1. The van der Waals surface area contributed by atoms with Crippen LogP contribution in [0.3, 0.4) is 0 Å². The van der Waals surface area contributed by atoms with Crippen LogP contribution >= 0.6 is 0 Å². The summed E-state index contributed by atoms with van der Waals surface area (Å²) < 4.78 is 14.8. The minimum absolute atomic E-state index is 0.208. The second kappa shape index (κ2) is 4.03. The van der Waals surface area contributed by atoms with Crippen LogP contribution in [0.15, 0.2) is 48.9 Å². The number of nitrogens with zero attached hydrogens (tertiary/aromatic N) is 3. The molecule has 0 atom stereocenters. The van der Waals surface area contributed by atoms with Gasteiger partial charge in [0, 0.05) is 6.20 Å². The summed E-state index contributed by atoms with van der Waals surface area (Å²) in [6, 6.07) is 9.81. The maximum Gasteiger partial charge on any atom is 0.285 e. The maximum atomic E-state index is 13.5. The molecule has 3 aromatic rings. The van der Waals surface area contributed by atoms with Gasteiger partial charge >= 0.3 is 0 Å². The molecule has 0 radical (unpaired) electrons. The number of carbonyl (C=O) groups excluding carboxylic acids is 1. The lowest BCUT2D eigenvalue weighted by Gasteiger charge is -2.02. The van der Waals surface area contributed by atoms with Crippen molar-refractivity contribution in [2.45, 2.75) is 0 Å². The Labute approximate surface area is 102 Å². The van der Waals surface area contributed by atoms with Crippen LogP contribution in [0.1, 0.15) is 10.5 Å². The molecule has 1 aromatic carbocycles. The smallest absolute Gasteiger partial charge is 0.266 e. The van der Waals surface area contributed by atoms with Crippen LogP contribution in [-0.2, 0) is 0 Å². The Balaban J connectivity index is 2.16. The van der Waals surface area contributed by atoms with Crippen molar-refractivity contribution in [2.24, 2.45) is 0 Å². The van der Waals surface area contributed by atoms with E-state index in [0.717, 1.165) is 0 Å². The molecule has 2 aromatic heterocycles. The first kappa shape index (κ1) is 10.6. The third-order valence-corrected chi connectivity index (χ3v) is 2.63. The average Bonchev–Trinajstić information content (AvgIpc) is 2.82. The summed E-state index contributed by atoms with van der Waals surface area (Å²) >= 11 is 0. The minimum atomic E-state index is -0.639. The number of fused-ring (bicyclic) bond motifs is 1. The first-order chi connectivity index (χ1) is 8.77. The standard InChI is InChI=1S/C13H8FN3O/c14-9-4-3-7-15-12(9)13(18)17-8-16-10-5-1-2-6-11(10)17/h1-8H. The molecule has 0 aliphatic carbocycles. The van der Waals surface area contributed by atoms with Crippen molar-refractivity contribution >= 4 is 16.9 Å². The van der Waals surface area contributed by atoms with Gasteiger partial charge in [-0.05, 0) is 24.3 Å². The number of imidazole rings is 1. The molecule has 0 N–H and O–H groups in total. The van der Waals surface area contributed by atoms with Crippen LogP contribution in [0.2, 0.25) is 0 Å². The van der Waals surface area contributed by atoms with E-state index in [0.29, 0.717) is 11.0 Å². The van der Waals surface area contributed by atoms with Gasteiger partial charge in [-0.3, -0.25) is 9.36 Å². The number of para-hydroxylation sites is 2. The molecule has 0 fully saturated rings.